The number of nitrogens with one attached hydrogen (secondary N) is 3. The molecule has 6 aromatic carbocycles. The van der Waals surface area contributed by atoms with Crippen LogP contribution in [0, 0.1) is 0 Å². The summed E-state index contributed by atoms with van der Waals surface area (Å²) in [5.41, 5.74) is 6.13. The Labute approximate surface area is 342 Å². The molecular weight excluding hydrogens is 780 g/mol. The van der Waals surface area contributed by atoms with E-state index in [1.54, 1.807) is 54.6 Å². The molecular formula is C45H32Cl2N4O3S2. The quantitative estimate of drug-likeness (QED) is 0.0843. The number of hydrogen-bond donors (Lipinski definition) is 3. The Balaban J connectivity index is 1.07. The average Bonchev–Trinajstić information content (AvgIpc) is 3.70. The lowest BCUT2D eigenvalue weighted by Gasteiger charge is -2.17. The third-order valence-electron chi connectivity index (χ3n) is 8.51. The highest BCUT2D eigenvalue weighted by molar-refractivity contribution is 8.00. The van der Waals surface area contributed by atoms with E-state index in [0.717, 1.165) is 32.7 Å². The summed E-state index contributed by atoms with van der Waals surface area (Å²) in [7, 11) is 0. The van der Waals surface area contributed by atoms with Crippen LogP contribution in [0.2, 0.25) is 10.0 Å². The monoisotopic (exact) mass is 810 g/mol. The summed E-state index contributed by atoms with van der Waals surface area (Å²) in [6, 6.07) is 48.4. The van der Waals surface area contributed by atoms with Gasteiger partial charge in [-0.3, -0.25) is 14.4 Å². The van der Waals surface area contributed by atoms with Crippen LogP contribution in [-0.2, 0) is 9.59 Å². The number of aromatic nitrogens is 1. The van der Waals surface area contributed by atoms with Gasteiger partial charge in [0.05, 0.1) is 15.7 Å². The molecule has 0 saturated heterocycles. The topological polar surface area (TPSA) is 100 Å². The summed E-state index contributed by atoms with van der Waals surface area (Å²) in [6.45, 7) is 0. The fourth-order valence-corrected chi connectivity index (χ4v) is 7.70. The molecule has 276 valence electrons. The number of carbonyl (C=O) groups is 3. The minimum atomic E-state index is -0.606. The first-order chi connectivity index (χ1) is 27.3. The van der Waals surface area contributed by atoms with Gasteiger partial charge in [0.25, 0.3) is 11.8 Å². The highest BCUT2D eigenvalue weighted by atomic mass is 35.5. The Morgan fingerprint density at radius 1 is 0.661 bits per heavy atom. The van der Waals surface area contributed by atoms with E-state index in [2.05, 4.69) is 20.9 Å². The zero-order valence-corrected chi connectivity index (χ0v) is 32.6. The molecule has 0 aliphatic rings. The first kappa shape index (κ1) is 38.3. The summed E-state index contributed by atoms with van der Waals surface area (Å²) < 4.78 is 0. The number of nitrogens with zero attached hydrogens (tertiary/aromatic N) is 1. The third-order valence-corrected chi connectivity index (χ3v) is 11.3. The minimum absolute atomic E-state index is 0.0788. The average molecular weight is 812 g/mol. The highest BCUT2D eigenvalue weighted by Gasteiger charge is 2.24. The van der Waals surface area contributed by atoms with Crippen LogP contribution < -0.4 is 16.0 Å². The van der Waals surface area contributed by atoms with Crippen molar-refractivity contribution in [1.29, 1.82) is 0 Å². The lowest BCUT2D eigenvalue weighted by Crippen LogP contribution is -2.30. The Morgan fingerprint density at radius 2 is 1.29 bits per heavy atom. The molecule has 3 N–H and O–H groups in total. The van der Waals surface area contributed by atoms with Crippen LogP contribution in [0.25, 0.3) is 28.5 Å². The molecule has 1 atom stereocenters. The molecule has 0 aliphatic carbocycles. The number of thioether (sulfide) groups is 1. The fourth-order valence-electron chi connectivity index (χ4n) is 5.65. The van der Waals surface area contributed by atoms with Crippen molar-refractivity contribution < 1.29 is 14.4 Å². The molecule has 0 fully saturated rings. The number of hydrogen-bond acceptors (Lipinski definition) is 6. The van der Waals surface area contributed by atoms with Crippen molar-refractivity contribution in [2.24, 2.45) is 0 Å². The van der Waals surface area contributed by atoms with E-state index in [1.165, 1.54) is 23.1 Å². The Hall–Kier alpha value is -5.97. The molecule has 0 radical (unpaired) electrons. The smallest absolute Gasteiger partial charge is 0.272 e. The molecule has 7 rings (SSSR count). The predicted octanol–water partition coefficient (Wildman–Crippen LogP) is 11.7. The van der Waals surface area contributed by atoms with Crippen LogP contribution in [0.15, 0.2) is 174 Å². The minimum Gasteiger partial charge on any atom is -0.321 e. The molecule has 1 aromatic heterocycles. The standard InChI is InChI=1S/C45H32Cl2N4O3S2/c46-37-25-20-34(27-38(37)47)40-28-55-45(50-40)51-44(54)41(32-12-6-2-7-13-32)56-36-23-21-35(22-24-36)48-43(53)39(49-42(52)33-14-8-3-9-15-33)26-29-16-18-31(19-17-29)30-10-4-1-5-11-30/h1-28,41H,(H,48,53)(H,49,52)(H,50,51,54)/b39-26-. The van der Waals surface area contributed by atoms with Crippen molar-refractivity contribution in [2.45, 2.75) is 10.1 Å². The lowest BCUT2D eigenvalue weighted by atomic mass is 10.0. The molecule has 0 bridgehead atoms. The number of rotatable bonds is 12. The summed E-state index contributed by atoms with van der Waals surface area (Å²) in [6.07, 6.45) is 1.65. The molecule has 7 nitrogen and oxygen atoms in total. The normalized spacial score (nSPS) is 11.7. The third kappa shape index (κ3) is 9.82. The second-order valence-electron chi connectivity index (χ2n) is 12.4. The van der Waals surface area contributed by atoms with Crippen molar-refractivity contribution >= 4 is 80.9 Å². The maximum absolute atomic E-state index is 13.8. The largest absolute Gasteiger partial charge is 0.321 e. The van der Waals surface area contributed by atoms with Crippen LogP contribution in [0.4, 0.5) is 10.8 Å². The van der Waals surface area contributed by atoms with Crippen LogP contribution in [0.5, 0.6) is 0 Å². The highest BCUT2D eigenvalue weighted by Crippen LogP contribution is 2.38. The zero-order chi connectivity index (χ0) is 38.9. The molecule has 0 saturated carbocycles. The molecule has 56 heavy (non-hydrogen) atoms. The lowest BCUT2D eigenvalue weighted by molar-refractivity contribution is -0.116. The van der Waals surface area contributed by atoms with E-state index < -0.39 is 17.1 Å². The first-order valence-electron chi connectivity index (χ1n) is 17.4. The van der Waals surface area contributed by atoms with Crippen LogP contribution in [-0.4, -0.2) is 22.7 Å². The SMILES string of the molecule is O=C(Nc1ccc(SC(C(=O)Nc2nc(-c3ccc(Cl)c(Cl)c3)cs2)c2ccccc2)cc1)/C(=C/c1ccc(-c2ccccc2)cc1)NC(=O)c1ccccc1. The molecule has 3 amide bonds. The fraction of sp³-hybridized carbons (Fsp3) is 0.0222. The van der Waals surface area contributed by atoms with Crippen molar-refractivity contribution in [3.8, 4) is 22.4 Å². The van der Waals surface area contributed by atoms with Gasteiger partial charge < -0.3 is 16.0 Å². The Kier molecular flexibility index (Phi) is 12.4. The molecule has 0 aliphatic heterocycles. The summed E-state index contributed by atoms with van der Waals surface area (Å²) in [5.74, 6) is -1.14. The molecule has 1 unspecified atom stereocenters. The number of anilines is 2. The zero-order valence-electron chi connectivity index (χ0n) is 29.5. The van der Waals surface area contributed by atoms with Gasteiger partial charge in [-0.2, -0.15) is 0 Å². The van der Waals surface area contributed by atoms with Gasteiger partial charge in [-0.1, -0.05) is 132 Å². The van der Waals surface area contributed by atoms with Crippen molar-refractivity contribution in [1.82, 2.24) is 10.3 Å². The van der Waals surface area contributed by atoms with Crippen LogP contribution >= 0.6 is 46.3 Å². The summed E-state index contributed by atoms with van der Waals surface area (Å²) in [4.78, 5) is 46.1. The van der Waals surface area contributed by atoms with Crippen molar-refractivity contribution in [2.75, 3.05) is 10.6 Å². The van der Waals surface area contributed by atoms with Crippen LogP contribution in [0.1, 0.15) is 26.7 Å². The van der Waals surface area contributed by atoms with E-state index >= 15 is 0 Å². The van der Waals surface area contributed by atoms with E-state index in [0.29, 0.717) is 32.1 Å². The molecule has 1 heterocycles. The molecule has 7 aromatic rings. The number of benzene rings is 6. The van der Waals surface area contributed by atoms with Gasteiger partial charge in [-0.05, 0) is 76.9 Å². The van der Waals surface area contributed by atoms with Crippen LogP contribution in [0.3, 0.4) is 0 Å². The van der Waals surface area contributed by atoms with Gasteiger partial charge >= 0.3 is 0 Å². The number of halogens is 2. The number of amides is 3. The second-order valence-corrected chi connectivity index (χ2v) is 15.3. The second kappa shape index (κ2) is 18.1. The predicted molar refractivity (Wildman–Crippen MR) is 230 cm³/mol. The van der Waals surface area contributed by atoms with Gasteiger partial charge in [0.15, 0.2) is 5.13 Å². The number of carbonyl (C=O) groups excluding carboxylic acids is 3. The van der Waals surface area contributed by atoms with Crippen molar-refractivity contribution in [3.05, 3.63) is 196 Å². The summed E-state index contributed by atoms with van der Waals surface area (Å²) >= 11 is 15.0. The van der Waals surface area contributed by atoms with E-state index in [-0.39, 0.29) is 11.6 Å². The van der Waals surface area contributed by atoms with Crippen molar-refractivity contribution in [3.63, 3.8) is 0 Å². The van der Waals surface area contributed by atoms with Gasteiger partial charge in [0, 0.05) is 27.1 Å². The first-order valence-corrected chi connectivity index (χ1v) is 19.9. The maximum atomic E-state index is 13.8. The molecule has 0 spiro atoms. The maximum Gasteiger partial charge on any atom is 0.272 e. The molecule has 11 heteroatoms. The van der Waals surface area contributed by atoms with E-state index in [9.17, 15) is 14.4 Å². The van der Waals surface area contributed by atoms with E-state index in [1.807, 2.05) is 115 Å². The number of thiazole rings is 1. The Morgan fingerprint density at radius 3 is 1.96 bits per heavy atom. The van der Waals surface area contributed by atoms with Gasteiger partial charge in [-0.25, -0.2) is 4.98 Å². The van der Waals surface area contributed by atoms with Gasteiger partial charge in [0.2, 0.25) is 5.91 Å². The van der Waals surface area contributed by atoms with Gasteiger partial charge in [0.1, 0.15) is 10.9 Å². The van der Waals surface area contributed by atoms with Gasteiger partial charge in [-0.15, -0.1) is 23.1 Å². The Bertz CT molecular complexity index is 2500. The van der Waals surface area contributed by atoms with E-state index in [4.69, 9.17) is 23.2 Å². The summed E-state index contributed by atoms with van der Waals surface area (Å²) in [5, 5.41) is 11.3.